The van der Waals surface area contributed by atoms with Crippen molar-refractivity contribution in [1.82, 2.24) is 0 Å². The number of aliphatic hydroxyl groups excluding tert-OH is 1. The smallest absolute Gasteiger partial charge is 0.0910 e. The van der Waals surface area contributed by atoms with Crippen molar-refractivity contribution in [2.75, 3.05) is 6.61 Å². The van der Waals surface area contributed by atoms with Crippen LogP contribution in [-0.2, 0) is 0 Å². The van der Waals surface area contributed by atoms with Crippen LogP contribution in [0.2, 0.25) is 0 Å². The summed E-state index contributed by atoms with van der Waals surface area (Å²) >= 11 is 0. The summed E-state index contributed by atoms with van der Waals surface area (Å²) < 4.78 is 0. The fraction of sp³-hybridized carbons (Fsp3) is 1.00. The first-order valence-corrected chi connectivity index (χ1v) is 6.78. The molecule has 92 valence electrons. The van der Waals surface area contributed by atoms with Crippen LogP contribution in [0.15, 0.2) is 0 Å². The van der Waals surface area contributed by atoms with Crippen LogP contribution in [-0.4, -0.2) is 22.4 Å². The Morgan fingerprint density at radius 3 is 2.56 bits per heavy atom. The zero-order chi connectivity index (χ0) is 11.6. The van der Waals surface area contributed by atoms with Crippen molar-refractivity contribution >= 4 is 0 Å². The molecular weight excluding hydrogens is 200 g/mol. The van der Waals surface area contributed by atoms with Crippen LogP contribution in [0.1, 0.15) is 52.4 Å². The van der Waals surface area contributed by atoms with Gasteiger partial charge in [-0.2, -0.15) is 0 Å². The molecule has 2 bridgehead atoms. The van der Waals surface area contributed by atoms with Crippen molar-refractivity contribution in [1.29, 1.82) is 0 Å². The zero-order valence-electron chi connectivity index (χ0n) is 10.5. The fourth-order valence-electron chi connectivity index (χ4n) is 5.57. The van der Waals surface area contributed by atoms with E-state index < -0.39 is 5.60 Å². The highest BCUT2D eigenvalue weighted by atomic mass is 16.3. The van der Waals surface area contributed by atoms with Gasteiger partial charge in [0.25, 0.3) is 0 Å². The molecule has 3 rings (SSSR count). The second-order valence-electron chi connectivity index (χ2n) is 7.15. The van der Waals surface area contributed by atoms with Gasteiger partial charge in [0, 0.05) is 0 Å². The minimum absolute atomic E-state index is 0.0517. The molecule has 0 saturated heterocycles. The second-order valence-corrected chi connectivity index (χ2v) is 7.15. The van der Waals surface area contributed by atoms with E-state index in [1.165, 1.54) is 19.3 Å². The summed E-state index contributed by atoms with van der Waals surface area (Å²) in [5.41, 5.74) is -0.0564. The molecule has 2 nitrogen and oxygen atoms in total. The number of aliphatic hydroxyl groups is 2. The van der Waals surface area contributed by atoms with E-state index in [9.17, 15) is 10.2 Å². The van der Waals surface area contributed by atoms with Crippen molar-refractivity contribution in [2.45, 2.75) is 58.0 Å². The van der Waals surface area contributed by atoms with Crippen molar-refractivity contribution < 1.29 is 10.2 Å². The molecular formula is C14H24O2. The summed E-state index contributed by atoms with van der Waals surface area (Å²) in [6.07, 6.45) is 7.17. The van der Waals surface area contributed by atoms with Gasteiger partial charge in [-0.1, -0.05) is 20.3 Å². The van der Waals surface area contributed by atoms with Crippen molar-refractivity contribution in [3.8, 4) is 0 Å². The molecule has 3 aliphatic rings. The van der Waals surface area contributed by atoms with Crippen LogP contribution in [0.5, 0.6) is 0 Å². The lowest BCUT2D eigenvalue weighted by Crippen LogP contribution is -2.48. The maximum Gasteiger partial charge on any atom is 0.0910 e. The van der Waals surface area contributed by atoms with Gasteiger partial charge in [-0.25, -0.2) is 0 Å². The number of hydrogen-bond donors (Lipinski definition) is 2. The summed E-state index contributed by atoms with van der Waals surface area (Å²) in [6, 6.07) is 0. The predicted molar refractivity (Wildman–Crippen MR) is 62.9 cm³/mol. The van der Waals surface area contributed by atoms with Crippen LogP contribution >= 0.6 is 0 Å². The molecule has 16 heavy (non-hydrogen) atoms. The minimum Gasteiger partial charge on any atom is -0.393 e. The first-order valence-electron chi connectivity index (χ1n) is 6.78. The van der Waals surface area contributed by atoms with E-state index in [1.54, 1.807) is 0 Å². The Morgan fingerprint density at radius 2 is 1.88 bits per heavy atom. The second kappa shape index (κ2) is 3.02. The van der Waals surface area contributed by atoms with E-state index in [2.05, 4.69) is 13.8 Å². The molecule has 2 N–H and O–H groups in total. The lowest BCUT2D eigenvalue weighted by molar-refractivity contribution is -0.112. The first-order chi connectivity index (χ1) is 7.45. The monoisotopic (exact) mass is 224 g/mol. The fourth-order valence-corrected chi connectivity index (χ4v) is 5.57. The minimum atomic E-state index is -0.793. The van der Waals surface area contributed by atoms with Crippen LogP contribution in [0.25, 0.3) is 0 Å². The van der Waals surface area contributed by atoms with Crippen LogP contribution in [0.3, 0.4) is 0 Å². The molecule has 0 aromatic heterocycles. The largest absolute Gasteiger partial charge is 0.393 e. The third kappa shape index (κ3) is 1.10. The van der Waals surface area contributed by atoms with Gasteiger partial charge in [-0.3, -0.25) is 0 Å². The average Bonchev–Trinajstić information content (AvgIpc) is 2.73. The quantitative estimate of drug-likeness (QED) is 0.717. The van der Waals surface area contributed by atoms with Gasteiger partial charge in [-0.05, 0) is 54.8 Å². The predicted octanol–water partition coefficient (Wildman–Crippen LogP) is 2.34. The lowest BCUT2D eigenvalue weighted by atomic mass is 9.66. The van der Waals surface area contributed by atoms with Crippen molar-refractivity contribution in [3.63, 3.8) is 0 Å². The summed E-state index contributed by atoms with van der Waals surface area (Å²) in [5, 5.41) is 20.1. The number of fused-ring (bicyclic) bond motifs is 1. The number of rotatable bonds is 1. The molecule has 3 saturated carbocycles. The molecule has 1 spiro atoms. The van der Waals surface area contributed by atoms with Crippen LogP contribution < -0.4 is 0 Å². The van der Waals surface area contributed by atoms with Crippen LogP contribution in [0, 0.1) is 22.7 Å². The maximum absolute atomic E-state index is 10.6. The molecule has 2 heteroatoms. The highest BCUT2D eigenvalue weighted by Crippen LogP contribution is 2.71. The molecule has 0 amide bonds. The van der Waals surface area contributed by atoms with E-state index in [0.29, 0.717) is 11.3 Å². The Hall–Kier alpha value is -0.0800. The standard InChI is InChI=1S/C14H24O2/c1-12(2)10-4-3-5-13(10)6-7-14(16,9-15)11(12)8-13/h10-11,15-16H,3-9H2,1-2H3. The molecule has 0 aromatic carbocycles. The molecule has 0 radical (unpaired) electrons. The summed E-state index contributed by atoms with van der Waals surface area (Å²) in [5.74, 6) is 1.09. The van der Waals surface area contributed by atoms with Gasteiger partial charge in [0.1, 0.15) is 0 Å². The van der Waals surface area contributed by atoms with Crippen LogP contribution in [0.4, 0.5) is 0 Å². The molecule has 3 fully saturated rings. The first kappa shape index (κ1) is 11.0. The molecule has 4 atom stereocenters. The maximum atomic E-state index is 10.6. The molecule has 4 unspecified atom stereocenters. The van der Waals surface area contributed by atoms with Gasteiger partial charge in [0.05, 0.1) is 12.2 Å². The number of hydrogen-bond acceptors (Lipinski definition) is 2. The third-order valence-corrected chi connectivity index (χ3v) is 6.29. The van der Waals surface area contributed by atoms with Gasteiger partial charge in [0.2, 0.25) is 0 Å². The van der Waals surface area contributed by atoms with E-state index in [1.807, 2.05) is 0 Å². The molecule has 0 aliphatic heterocycles. The normalized spacial score (nSPS) is 54.0. The Morgan fingerprint density at radius 1 is 1.12 bits per heavy atom. The van der Waals surface area contributed by atoms with Gasteiger partial charge in [0.15, 0.2) is 0 Å². The Labute approximate surface area is 98.1 Å². The average molecular weight is 224 g/mol. The lowest BCUT2D eigenvalue weighted by Gasteiger charge is -2.44. The topological polar surface area (TPSA) is 40.5 Å². The molecule has 3 aliphatic carbocycles. The Bertz CT molecular complexity index is 312. The van der Waals surface area contributed by atoms with Crippen molar-refractivity contribution in [2.24, 2.45) is 22.7 Å². The Balaban J connectivity index is 2.02. The van der Waals surface area contributed by atoms with E-state index in [4.69, 9.17) is 0 Å². The van der Waals surface area contributed by atoms with E-state index in [-0.39, 0.29) is 12.0 Å². The summed E-state index contributed by atoms with van der Waals surface area (Å²) in [6.45, 7) is 4.59. The SMILES string of the molecule is CC1(C)C2CC3(CCCC31)CCC2(O)CO. The van der Waals surface area contributed by atoms with Gasteiger partial charge < -0.3 is 10.2 Å². The molecule has 0 aromatic rings. The highest BCUT2D eigenvalue weighted by molar-refractivity contribution is 5.16. The van der Waals surface area contributed by atoms with E-state index >= 15 is 0 Å². The summed E-state index contributed by atoms with van der Waals surface area (Å²) in [7, 11) is 0. The zero-order valence-corrected chi connectivity index (χ0v) is 10.5. The highest BCUT2D eigenvalue weighted by Gasteiger charge is 2.66. The Kier molecular flexibility index (Phi) is 2.09. The van der Waals surface area contributed by atoms with Crippen molar-refractivity contribution in [3.05, 3.63) is 0 Å². The molecule has 0 heterocycles. The van der Waals surface area contributed by atoms with Gasteiger partial charge in [-0.15, -0.1) is 0 Å². The van der Waals surface area contributed by atoms with Gasteiger partial charge >= 0.3 is 0 Å². The third-order valence-electron chi connectivity index (χ3n) is 6.29. The summed E-state index contributed by atoms with van der Waals surface area (Å²) in [4.78, 5) is 0. The van der Waals surface area contributed by atoms with E-state index in [0.717, 1.165) is 25.2 Å².